The van der Waals surface area contributed by atoms with Crippen molar-refractivity contribution in [3.63, 3.8) is 0 Å². The maximum atomic E-state index is 13.5. The molecular formula is C28H30Cl2N2O3. The number of rotatable bonds is 11. The van der Waals surface area contributed by atoms with Gasteiger partial charge >= 0.3 is 0 Å². The first kappa shape index (κ1) is 26.6. The van der Waals surface area contributed by atoms with Crippen molar-refractivity contribution in [3.05, 3.63) is 100 Å². The van der Waals surface area contributed by atoms with Crippen molar-refractivity contribution < 1.29 is 14.3 Å². The number of benzene rings is 3. The van der Waals surface area contributed by atoms with E-state index in [1.165, 1.54) is 0 Å². The summed E-state index contributed by atoms with van der Waals surface area (Å²) in [6.07, 6.45) is 1.15. The lowest BCUT2D eigenvalue weighted by molar-refractivity contribution is -0.143. The summed E-state index contributed by atoms with van der Waals surface area (Å²) in [5, 5.41) is 4.19. The number of halogens is 2. The number of nitrogens with one attached hydrogen (secondary N) is 1. The van der Waals surface area contributed by atoms with Crippen molar-refractivity contribution in [2.45, 2.75) is 45.3 Å². The lowest BCUT2D eigenvalue weighted by Crippen LogP contribution is -2.53. The van der Waals surface area contributed by atoms with Crippen LogP contribution in [0.3, 0.4) is 0 Å². The Kier molecular flexibility index (Phi) is 10.0. The van der Waals surface area contributed by atoms with Gasteiger partial charge in [-0.3, -0.25) is 9.59 Å². The van der Waals surface area contributed by atoms with E-state index >= 15 is 0 Å². The van der Waals surface area contributed by atoms with E-state index in [4.69, 9.17) is 27.9 Å². The van der Waals surface area contributed by atoms with Crippen LogP contribution >= 0.6 is 23.2 Å². The van der Waals surface area contributed by atoms with Gasteiger partial charge in [0.2, 0.25) is 5.91 Å². The molecule has 5 nitrogen and oxygen atoms in total. The molecule has 7 heteroatoms. The van der Waals surface area contributed by atoms with Gasteiger partial charge < -0.3 is 15.0 Å². The lowest BCUT2D eigenvalue weighted by Gasteiger charge is -2.32. The Balaban J connectivity index is 1.90. The van der Waals surface area contributed by atoms with E-state index in [9.17, 15) is 9.59 Å². The second kappa shape index (κ2) is 13.2. The van der Waals surface area contributed by atoms with E-state index < -0.39 is 6.04 Å². The van der Waals surface area contributed by atoms with Crippen molar-refractivity contribution in [1.29, 1.82) is 0 Å². The topological polar surface area (TPSA) is 58.6 Å². The van der Waals surface area contributed by atoms with Crippen LogP contribution in [-0.2, 0) is 22.6 Å². The molecular weight excluding hydrogens is 483 g/mol. The van der Waals surface area contributed by atoms with Crippen LogP contribution in [0.25, 0.3) is 0 Å². The number of carbonyl (C=O) groups excluding carboxylic acids is 2. The summed E-state index contributed by atoms with van der Waals surface area (Å²) in [6.45, 7) is 3.95. The average molecular weight is 513 g/mol. The summed E-state index contributed by atoms with van der Waals surface area (Å²) >= 11 is 12.2. The van der Waals surface area contributed by atoms with E-state index in [1.807, 2.05) is 56.3 Å². The van der Waals surface area contributed by atoms with Crippen LogP contribution in [-0.4, -0.2) is 35.4 Å². The fraction of sp³-hybridized carbons (Fsp3) is 0.286. The quantitative estimate of drug-likeness (QED) is 0.346. The molecule has 0 fully saturated rings. The van der Waals surface area contributed by atoms with Gasteiger partial charge in [-0.25, -0.2) is 0 Å². The first-order chi connectivity index (χ1) is 16.9. The van der Waals surface area contributed by atoms with Crippen molar-refractivity contribution in [3.8, 4) is 5.75 Å². The number of ether oxygens (including phenoxy) is 1. The van der Waals surface area contributed by atoms with Gasteiger partial charge in [0, 0.05) is 29.1 Å². The van der Waals surface area contributed by atoms with Crippen molar-refractivity contribution in [2.24, 2.45) is 0 Å². The number of carbonyl (C=O) groups is 2. The Morgan fingerprint density at radius 3 is 2.26 bits per heavy atom. The van der Waals surface area contributed by atoms with Crippen molar-refractivity contribution in [1.82, 2.24) is 10.2 Å². The highest BCUT2D eigenvalue weighted by Crippen LogP contribution is 2.19. The molecule has 35 heavy (non-hydrogen) atoms. The number of nitrogens with zero attached hydrogens (tertiary/aromatic N) is 1. The minimum Gasteiger partial charge on any atom is -0.484 e. The number of amides is 2. The number of hydrogen-bond donors (Lipinski definition) is 1. The third-order valence-electron chi connectivity index (χ3n) is 5.69. The van der Waals surface area contributed by atoms with Crippen LogP contribution < -0.4 is 10.1 Å². The van der Waals surface area contributed by atoms with Crippen LogP contribution in [0.5, 0.6) is 5.75 Å². The van der Waals surface area contributed by atoms with Crippen LogP contribution in [0.1, 0.15) is 31.4 Å². The van der Waals surface area contributed by atoms with Gasteiger partial charge in [0.05, 0.1) is 0 Å². The summed E-state index contributed by atoms with van der Waals surface area (Å²) in [5.41, 5.74) is 1.78. The molecule has 1 N–H and O–H groups in total. The normalized spacial score (nSPS) is 12.5. The summed E-state index contributed by atoms with van der Waals surface area (Å²) < 4.78 is 5.74. The lowest BCUT2D eigenvalue weighted by atomic mass is 10.0. The maximum Gasteiger partial charge on any atom is 0.261 e. The molecule has 0 radical (unpaired) electrons. The van der Waals surface area contributed by atoms with Crippen molar-refractivity contribution >= 4 is 35.0 Å². The average Bonchev–Trinajstić information content (AvgIpc) is 2.86. The van der Waals surface area contributed by atoms with E-state index in [0.29, 0.717) is 22.2 Å². The maximum absolute atomic E-state index is 13.5. The summed E-state index contributed by atoms with van der Waals surface area (Å²) in [5.74, 6) is 0.0133. The first-order valence-corrected chi connectivity index (χ1v) is 12.4. The third kappa shape index (κ3) is 8.30. The molecule has 3 aromatic rings. The van der Waals surface area contributed by atoms with Crippen molar-refractivity contribution in [2.75, 3.05) is 6.61 Å². The molecule has 3 rings (SSSR count). The summed E-state index contributed by atoms with van der Waals surface area (Å²) in [7, 11) is 0. The van der Waals surface area contributed by atoms with Gasteiger partial charge in [0.25, 0.3) is 5.91 Å². The number of hydrogen-bond acceptors (Lipinski definition) is 3. The zero-order chi connectivity index (χ0) is 25.2. The molecule has 0 aliphatic rings. The molecule has 0 aliphatic heterocycles. The zero-order valence-electron chi connectivity index (χ0n) is 19.9. The third-order valence-corrected chi connectivity index (χ3v) is 6.18. The second-order valence-corrected chi connectivity index (χ2v) is 9.29. The molecule has 2 atom stereocenters. The summed E-state index contributed by atoms with van der Waals surface area (Å²) in [4.78, 5) is 28.5. The predicted octanol–water partition coefficient (Wildman–Crippen LogP) is 5.93. The summed E-state index contributed by atoms with van der Waals surface area (Å²) in [6, 6.07) is 23.0. The van der Waals surface area contributed by atoms with Gasteiger partial charge in [0.15, 0.2) is 6.61 Å². The second-order valence-electron chi connectivity index (χ2n) is 8.42. The fourth-order valence-electron chi connectivity index (χ4n) is 3.59. The Morgan fingerprint density at radius 1 is 0.914 bits per heavy atom. The highest BCUT2D eigenvalue weighted by atomic mass is 35.5. The SMILES string of the molecule is CC[C@H](C)NC(=O)[C@@H](Cc1ccccc1)N(Cc1cccc(Cl)c1)C(=O)COc1ccc(Cl)cc1. The molecule has 184 valence electrons. The molecule has 3 aromatic carbocycles. The zero-order valence-corrected chi connectivity index (χ0v) is 21.4. The van der Waals surface area contributed by atoms with E-state index in [0.717, 1.165) is 17.5 Å². The Morgan fingerprint density at radius 2 is 1.60 bits per heavy atom. The monoisotopic (exact) mass is 512 g/mol. The highest BCUT2D eigenvalue weighted by molar-refractivity contribution is 6.30. The molecule has 0 aromatic heterocycles. The van der Waals surface area contributed by atoms with Crippen LogP contribution in [0, 0.1) is 0 Å². The first-order valence-electron chi connectivity index (χ1n) is 11.6. The molecule has 0 saturated heterocycles. The minimum absolute atomic E-state index is 0.0192. The van der Waals surface area contributed by atoms with Crippen LogP contribution in [0.4, 0.5) is 0 Å². The van der Waals surface area contributed by atoms with Gasteiger partial charge in [-0.2, -0.15) is 0 Å². The fourth-order valence-corrected chi connectivity index (χ4v) is 3.92. The minimum atomic E-state index is -0.730. The highest BCUT2D eigenvalue weighted by Gasteiger charge is 2.31. The smallest absolute Gasteiger partial charge is 0.261 e. The predicted molar refractivity (Wildman–Crippen MR) is 141 cm³/mol. The van der Waals surface area contributed by atoms with E-state index in [1.54, 1.807) is 41.3 Å². The van der Waals surface area contributed by atoms with Gasteiger partial charge in [0.1, 0.15) is 11.8 Å². The van der Waals surface area contributed by atoms with Crippen LogP contribution in [0.15, 0.2) is 78.9 Å². The van der Waals surface area contributed by atoms with E-state index in [-0.39, 0.29) is 31.0 Å². The van der Waals surface area contributed by atoms with Gasteiger partial charge in [-0.05, 0) is 60.9 Å². The molecule has 0 bridgehead atoms. The van der Waals surface area contributed by atoms with E-state index in [2.05, 4.69) is 5.32 Å². The molecule has 0 unspecified atom stereocenters. The Hall–Kier alpha value is -3.02. The van der Waals surface area contributed by atoms with Crippen LogP contribution in [0.2, 0.25) is 10.0 Å². The Labute approximate surface area is 217 Å². The molecule has 0 saturated carbocycles. The molecule has 0 spiro atoms. The van der Waals surface area contributed by atoms with Gasteiger partial charge in [-0.1, -0.05) is 72.6 Å². The molecule has 2 amide bonds. The van der Waals surface area contributed by atoms with Gasteiger partial charge in [-0.15, -0.1) is 0 Å². The largest absolute Gasteiger partial charge is 0.484 e. The molecule has 0 heterocycles. The Bertz CT molecular complexity index is 1110. The standard InChI is InChI=1S/C28H30Cl2N2O3/c1-3-20(2)31-28(34)26(17-21-8-5-4-6-9-21)32(18-22-10-7-11-24(30)16-22)27(33)19-35-25-14-12-23(29)13-15-25/h4-16,20,26H,3,17-19H2,1-2H3,(H,31,34)/t20-,26+/m0/s1. The molecule has 0 aliphatic carbocycles.